The Kier molecular flexibility index (Phi) is 24.9. The lowest BCUT2D eigenvalue weighted by Crippen LogP contribution is -2.61. The largest absolute Gasteiger partial charge is 0.508 e. The van der Waals surface area contributed by atoms with Gasteiger partial charge in [0.1, 0.15) is 54.1 Å². The van der Waals surface area contributed by atoms with Crippen molar-refractivity contribution in [1.82, 2.24) is 42.1 Å². The van der Waals surface area contributed by atoms with Crippen LogP contribution in [-0.2, 0) is 60.8 Å². The smallest absolute Gasteiger partial charge is 0.246 e. The van der Waals surface area contributed by atoms with Gasteiger partial charge in [-0.3, -0.25) is 52.9 Å². The van der Waals surface area contributed by atoms with Crippen molar-refractivity contribution >= 4 is 90.3 Å². The molecule has 0 radical (unpaired) electrons. The summed E-state index contributed by atoms with van der Waals surface area (Å²) in [6.07, 6.45) is -0.493. The zero-order valence-corrected chi connectivity index (χ0v) is 43.2. The molecule has 1 aliphatic rings. The van der Waals surface area contributed by atoms with Crippen LogP contribution in [0.4, 0.5) is 0 Å². The quantitative estimate of drug-likeness (QED) is 0.0159. The van der Waals surface area contributed by atoms with Gasteiger partial charge < -0.3 is 75.9 Å². The first kappa shape index (κ1) is 61.2. The minimum Gasteiger partial charge on any atom is -0.508 e. The molecule has 406 valence electrons. The third kappa shape index (κ3) is 19.7. The number of guanidine groups is 1. The van der Waals surface area contributed by atoms with Crippen LogP contribution >= 0.6 is 25.3 Å². The number of likely N-dealkylation sites (tertiary alicyclic amines) is 1. The fraction of sp³-hybridized carbons (Fsp3) is 0.511. The van der Waals surface area contributed by atoms with Gasteiger partial charge in [0.25, 0.3) is 0 Å². The van der Waals surface area contributed by atoms with Crippen LogP contribution < -0.4 is 65.9 Å². The second kappa shape index (κ2) is 30.2. The Hall–Kier alpha value is -7.13. The Morgan fingerprint density at radius 2 is 1.19 bits per heavy atom. The van der Waals surface area contributed by atoms with Gasteiger partial charge >= 0.3 is 0 Å². The van der Waals surface area contributed by atoms with Crippen molar-refractivity contribution < 1.29 is 53.1 Å². The normalized spacial score (nSPS) is 16.3. The van der Waals surface area contributed by atoms with Crippen LogP contribution in [0.3, 0.4) is 0 Å². The van der Waals surface area contributed by atoms with Crippen LogP contribution in [0, 0.1) is 5.92 Å². The first-order chi connectivity index (χ1) is 34.9. The third-order valence-electron chi connectivity index (χ3n) is 11.7. The first-order valence-electron chi connectivity index (χ1n) is 23.8. The Bertz CT molecular complexity index is 2330. The number of nitrogens with two attached hydrogens (primary N) is 5. The van der Waals surface area contributed by atoms with E-state index in [0.29, 0.717) is 17.5 Å². The Morgan fingerprint density at radius 1 is 0.662 bits per heavy atom. The molecule has 0 spiro atoms. The van der Waals surface area contributed by atoms with Crippen molar-refractivity contribution in [3.63, 3.8) is 0 Å². The molecule has 27 heteroatoms. The number of nitrogens with zero attached hydrogens (tertiary/aromatic N) is 2. The molecule has 1 heterocycles. The molecule has 3 rings (SSSR count). The minimum absolute atomic E-state index is 0.00843. The van der Waals surface area contributed by atoms with Crippen LogP contribution in [0.1, 0.15) is 64.0 Å². The Balaban J connectivity index is 1.90. The first-order valence-corrected chi connectivity index (χ1v) is 25.1. The number of nitrogens with one attached hydrogen (secondary N) is 7. The number of aliphatic imine (C=N–C) groups is 1. The minimum atomic E-state index is -1.73. The number of phenolic OH excluding ortho intramolecular Hbond substituents is 1. The van der Waals surface area contributed by atoms with Gasteiger partial charge in [-0.1, -0.05) is 56.3 Å². The summed E-state index contributed by atoms with van der Waals surface area (Å²) >= 11 is 8.35. The monoisotopic (exact) mass is 1070 g/mol. The van der Waals surface area contributed by atoms with Crippen molar-refractivity contribution in [2.45, 2.75) is 120 Å². The summed E-state index contributed by atoms with van der Waals surface area (Å²) in [6.45, 7) is 4.80. The second-order valence-corrected chi connectivity index (χ2v) is 18.7. The van der Waals surface area contributed by atoms with Gasteiger partial charge in [0, 0.05) is 37.4 Å². The highest BCUT2D eigenvalue weighted by atomic mass is 32.1. The molecule has 0 bridgehead atoms. The number of primary amides is 2. The van der Waals surface area contributed by atoms with Gasteiger partial charge in [-0.05, 0) is 61.8 Å². The van der Waals surface area contributed by atoms with Crippen LogP contribution in [0.15, 0.2) is 59.6 Å². The molecule has 1 fully saturated rings. The van der Waals surface area contributed by atoms with E-state index in [4.69, 9.17) is 28.7 Å². The van der Waals surface area contributed by atoms with Gasteiger partial charge in [0.05, 0.1) is 12.5 Å². The molecule has 1 saturated heterocycles. The second-order valence-electron chi connectivity index (χ2n) is 18.0. The number of hydrogen-bond acceptors (Lipinski definition) is 15. The van der Waals surface area contributed by atoms with Crippen molar-refractivity contribution in [1.29, 1.82) is 0 Å². The molecule has 25 nitrogen and oxygen atoms in total. The number of benzene rings is 2. The average Bonchev–Trinajstić information content (AvgIpc) is 3.85. The maximum atomic E-state index is 14.4. The van der Waals surface area contributed by atoms with Gasteiger partial charge in [0.2, 0.25) is 59.1 Å². The predicted octanol–water partition coefficient (Wildman–Crippen LogP) is -4.16. The fourth-order valence-corrected chi connectivity index (χ4v) is 8.03. The standard InChI is InChI=1S/C47H70N14O11S2/c1-24(2)37(45(71)54-25(3)38(50)64)60-44(70)35-12-8-18-61(35)46(72)34(23-74)59-43(69)33(21-36(49)63)58-40(66)30(11-7-17-53-47(51)52)55-41(67)32(19-26-9-5-4-6-10-26)57-42(68)31(56-39(65)29(48)22-73)20-27-13-15-28(62)16-14-27/h4-6,9-10,13-16,24-25,29-35,37,62,73-74H,7-8,11-12,17-23,48H2,1-3H3,(H2,49,63)(H2,50,64)(H,54,71)(H,55,67)(H,56,65)(H,57,68)(H,58,66)(H,59,69)(H,60,70)(H4,51,52,53)/t25-,29-,30-,31-,32-,33-,34-,35-,37-/m0/s1. The number of thiol groups is 2. The molecular weight excluding hydrogens is 1000 g/mol. The summed E-state index contributed by atoms with van der Waals surface area (Å²) in [4.78, 5) is 140. The Labute approximate surface area is 439 Å². The lowest BCUT2D eigenvalue weighted by molar-refractivity contribution is -0.142. The van der Waals surface area contributed by atoms with E-state index in [1.54, 1.807) is 44.2 Å². The average molecular weight is 1070 g/mol. The predicted molar refractivity (Wildman–Crippen MR) is 279 cm³/mol. The summed E-state index contributed by atoms with van der Waals surface area (Å²) in [5, 5.41) is 27.8. The fourth-order valence-electron chi connectivity index (χ4n) is 7.62. The summed E-state index contributed by atoms with van der Waals surface area (Å²) < 4.78 is 0. The van der Waals surface area contributed by atoms with Gasteiger partial charge in [-0.15, -0.1) is 0 Å². The van der Waals surface area contributed by atoms with E-state index in [2.05, 4.69) is 67.5 Å². The van der Waals surface area contributed by atoms with Crippen LogP contribution in [0.25, 0.3) is 0 Å². The molecule has 74 heavy (non-hydrogen) atoms. The molecular formula is C47H70N14O11S2. The Morgan fingerprint density at radius 3 is 1.73 bits per heavy atom. The zero-order valence-electron chi connectivity index (χ0n) is 41.5. The number of amides is 10. The van der Waals surface area contributed by atoms with Crippen molar-refractivity contribution in [3.05, 3.63) is 65.7 Å². The molecule has 9 atom stereocenters. The molecule has 1 aliphatic heterocycles. The highest BCUT2D eigenvalue weighted by molar-refractivity contribution is 7.80. The van der Waals surface area contributed by atoms with Gasteiger partial charge in [-0.25, -0.2) is 0 Å². The van der Waals surface area contributed by atoms with Crippen molar-refractivity contribution in [2.24, 2.45) is 39.6 Å². The molecule has 2 aromatic carbocycles. The van der Waals surface area contributed by atoms with Crippen molar-refractivity contribution in [2.75, 3.05) is 24.6 Å². The molecule has 0 unspecified atom stereocenters. The number of carbonyl (C=O) groups excluding carboxylic acids is 10. The van der Waals surface area contributed by atoms with Gasteiger partial charge in [-0.2, -0.15) is 25.3 Å². The molecule has 0 aliphatic carbocycles. The lowest BCUT2D eigenvalue weighted by Gasteiger charge is -2.31. The third-order valence-corrected chi connectivity index (χ3v) is 12.5. The van der Waals surface area contributed by atoms with Crippen molar-refractivity contribution in [3.8, 4) is 5.75 Å². The summed E-state index contributed by atoms with van der Waals surface area (Å²) in [6, 6.07) is 2.76. The number of carbonyl (C=O) groups is 10. The topological polar surface area (TPSA) is 421 Å². The van der Waals surface area contributed by atoms with Crippen LogP contribution in [0.5, 0.6) is 5.75 Å². The van der Waals surface area contributed by atoms with E-state index in [1.165, 1.54) is 36.1 Å². The summed E-state index contributed by atoms with van der Waals surface area (Å²) in [5.74, 6) is -9.45. The number of hydrogen-bond donors (Lipinski definition) is 15. The number of rotatable bonds is 29. The molecule has 18 N–H and O–H groups in total. The number of aromatic hydroxyl groups is 1. The van der Waals surface area contributed by atoms with E-state index in [1.807, 2.05) is 0 Å². The maximum Gasteiger partial charge on any atom is 0.246 e. The molecule has 2 aromatic rings. The summed E-state index contributed by atoms with van der Waals surface area (Å²) in [7, 11) is 0. The van der Waals surface area contributed by atoms with E-state index in [0.717, 1.165) is 0 Å². The van der Waals surface area contributed by atoms with Gasteiger partial charge in [0.15, 0.2) is 5.96 Å². The molecule has 0 saturated carbocycles. The zero-order chi connectivity index (χ0) is 55.2. The highest BCUT2D eigenvalue weighted by Crippen LogP contribution is 2.20. The lowest BCUT2D eigenvalue weighted by atomic mass is 10.0. The van der Waals surface area contributed by atoms with Crippen LogP contribution in [0.2, 0.25) is 0 Å². The molecule has 10 amide bonds. The summed E-state index contributed by atoms with van der Waals surface area (Å²) in [5.41, 5.74) is 28.9. The van der Waals surface area contributed by atoms with E-state index in [-0.39, 0.29) is 68.4 Å². The SMILES string of the molecule is CC(C)[C@H](NC(=O)[C@@H]1CCCN1C(=O)[C@H](CS)NC(=O)[C@H](CC(N)=O)NC(=O)[C@H](CCCN=C(N)N)NC(=O)[C@H](Cc1ccccc1)NC(=O)[C@H](Cc1ccc(O)cc1)NC(=O)[C@@H](N)CS)C(=O)N[C@@H](C)C(N)=O. The van der Waals surface area contributed by atoms with Crippen LogP contribution in [-0.4, -0.2) is 154 Å². The molecule has 0 aromatic heterocycles. The van der Waals surface area contributed by atoms with E-state index in [9.17, 15) is 53.1 Å². The van der Waals surface area contributed by atoms with E-state index < -0.39 is 126 Å². The van der Waals surface area contributed by atoms with E-state index >= 15 is 0 Å². The highest BCUT2D eigenvalue weighted by Gasteiger charge is 2.40. The maximum absolute atomic E-state index is 14.4. The number of phenols is 1.